The zero-order chi connectivity index (χ0) is 25.1. The number of allylic oxidation sites excluding steroid dienone is 3. The van der Waals surface area contributed by atoms with Gasteiger partial charge in [0.05, 0.1) is 16.9 Å². The van der Waals surface area contributed by atoms with Gasteiger partial charge in [-0.3, -0.25) is 5.10 Å². The first-order valence-corrected chi connectivity index (χ1v) is 12.1. The lowest BCUT2D eigenvalue weighted by atomic mass is 10.0. The third kappa shape index (κ3) is 4.39. The summed E-state index contributed by atoms with van der Waals surface area (Å²) < 4.78 is 14.6. The summed E-state index contributed by atoms with van der Waals surface area (Å²) in [4.78, 5) is 8.43. The number of halogens is 1. The molecular weight excluding hydrogens is 449 g/mol. The van der Waals surface area contributed by atoms with Crippen LogP contribution in [0.25, 0.3) is 50.0 Å². The molecule has 3 N–H and O–H groups in total. The number of likely N-dealkylation sites (N-methyl/N-ethyl adjacent to an activating group) is 1. The average molecular weight is 478 g/mol. The van der Waals surface area contributed by atoms with E-state index in [1.165, 1.54) is 6.07 Å². The number of benzene rings is 2. The first-order valence-electron chi connectivity index (χ1n) is 12.1. The second kappa shape index (κ2) is 10.1. The number of nitrogens with zero attached hydrogens (tertiary/aromatic N) is 2. The third-order valence-corrected chi connectivity index (χ3v) is 6.28. The Hall–Kier alpha value is -4.29. The van der Waals surface area contributed by atoms with E-state index in [1.807, 2.05) is 61.5 Å². The van der Waals surface area contributed by atoms with Gasteiger partial charge in [-0.05, 0) is 66.6 Å². The van der Waals surface area contributed by atoms with E-state index in [2.05, 4.69) is 40.1 Å². The Labute approximate surface area is 209 Å². The summed E-state index contributed by atoms with van der Waals surface area (Å²) in [5.41, 5.74) is 8.43. The van der Waals surface area contributed by atoms with Crippen LogP contribution in [0.5, 0.6) is 0 Å². The molecule has 0 aliphatic rings. The summed E-state index contributed by atoms with van der Waals surface area (Å²) in [6.07, 6.45) is 6.02. The lowest BCUT2D eigenvalue weighted by Crippen LogP contribution is -2.15. The lowest BCUT2D eigenvalue weighted by molar-refractivity contribution is 0.631. The number of hydrogen-bond acceptors (Lipinski definition) is 3. The Morgan fingerprint density at radius 3 is 2.67 bits per heavy atom. The minimum absolute atomic E-state index is 0.246. The topological polar surface area (TPSA) is 69.4 Å². The van der Waals surface area contributed by atoms with Crippen molar-refractivity contribution < 1.29 is 4.39 Å². The molecule has 0 amide bonds. The fourth-order valence-electron chi connectivity index (χ4n) is 4.40. The maximum Gasteiger partial charge on any atom is 0.135 e. The van der Waals surface area contributed by atoms with Gasteiger partial charge in [-0.1, -0.05) is 56.0 Å². The van der Waals surface area contributed by atoms with Crippen molar-refractivity contribution in [2.45, 2.75) is 13.8 Å². The Balaban J connectivity index is 1.59. The lowest BCUT2D eigenvalue weighted by Gasteiger charge is -2.06. The van der Waals surface area contributed by atoms with E-state index >= 15 is 0 Å². The predicted molar refractivity (Wildman–Crippen MR) is 147 cm³/mol. The van der Waals surface area contributed by atoms with Crippen molar-refractivity contribution in [2.24, 2.45) is 0 Å². The molecule has 0 fully saturated rings. The maximum absolute atomic E-state index is 14.6. The van der Waals surface area contributed by atoms with Crippen molar-refractivity contribution in [1.82, 2.24) is 25.5 Å². The van der Waals surface area contributed by atoms with E-state index in [0.717, 1.165) is 68.8 Å². The van der Waals surface area contributed by atoms with Gasteiger partial charge in [-0.2, -0.15) is 5.10 Å². The summed E-state index contributed by atoms with van der Waals surface area (Å²) in [5, 5.41) is 11.9. The third-order valence-electron chi connectivity index (χ3n) is 6.28. The van der Waals surface area contributed by atoms with Crippen LogP contribution in [0.1, 0.15) is 19.5 Å². The van der Waals surface area contributed by atoms with Crippen molar-refractivity contribution in [3.05, 3.63) is 103 Å². The number of H-pyrrole nitrogens is 2. The highest BCUT2D eigenvalue weighted by Gasteiger charge is 2.16. The summed E-state index contributed by atoms with van der Waals surface area (Å²) in [5.74, 6) is -0.246. The summed E-state index contributed by atoms with van der Waals surface area (Å²) in [7, 11) is 0. The van der Waals surface area contributed by atoms with E-state index in [4.69, 9.17) is 4.98 Å². The Morgan fingerprint density at radius 2 is 1.89 bits per heavy atom. The van der Waals surface area contributed by atoms with E-state index in [-0.39, 0.29) is 5.82 Å². The molecule has 6 heteroatoms. The number of fused-ring (bicyclic) bond motifs is 2. The number of nitrogens with one attached hydrogen (secondary N) is 3. The van der Waals surface area contributed by atoms with Gasteiger partial charge in [0.2, 0.25) is 0 Å². The molecule has 0 spiro atoms. The molecule has 5 nitrogen and oxygen atoms in total. The average Bonchev–Trinajstić information content (AvgIpc) is 3.53. The molecule has 5 rings (SSSR count). The molecule has 0 saturated heterocycles. The van der Waals surface area contributed by atoms with Gasteiger partial charge in [0.25, 0.3) is 0 Å². The van der Waals surface area contributed by atoms with E-state index in [9.17, 15) is 4.39 Å². The Kier molecular flexibility index (Phi) is 6.60. The van der Waals surface area contributed by atoms with Crippen LogP contribution in [0.4, 0.5) is 4.39 Å². The standard InChI is InChI=1S/C30H28FN5/c1-4-19(18-32-6-3)16-20(5-2)25-14-15-27-29(34-25)30(36-35-27)28-17-23-21(11-9-13-26(23)33-28)22-10-7-8-12-24(22)31/h4-5,7-17,32-33H,1,6,18H2,2-3H3,(H,35,36)/b19-16+,20-5+. The van der Waals surface area contributed by atoms with Crippen molar-refractivity contribution in [2.75, 3.05) is 13.1 Å². The maximum atomic E-state index is 14.6. The van der Waals surface area contributed by atoms with E-state index in [1.54, 1.807) is 12.1 Å². The molecular formula is C30H28FN5. The van der Waals surface area contributed by atoms with Crippen LogP contribution in [-0.4, -0.2) is 33.3 Å². The monoisotopic (exact) mass is 477 g/mol. The van der Waals surface area contributed by atoms with Crippen LogP contribution in [0.15, 0.2) is 91.0 Å². The number of hydrogen-bond donors (Lipinski definition) is 3. The molecule has 5 aromatic rings. The minimum Gasteiger partial charge on any atom is -0.353 e. The van der Waals surface area contributed by atoms with Crippen molar-refractivity contribution in [3.8, 4) is 22.5 Å². The molecule has 0 radical (unpaired) electrons. The van der Waals surface area contributed by atoms with Crippen molar-refractivity contribution in [1.29, 1.82) is 0 Å². The first kappa shape index (κ1) is 23.5. The number of rotatable bonds is 8. The molecule has 36 heavy (non-hydrogen) atoms. The summed E-state index contributed by atoms with van der Waals surface area (Å²) in [6, 6.07) is 18.7. The zero-order valence-electron chi connectivity index (χ0n) is 20.4. The molecule has 180 valence electrons. The predicted octanol–water partition coefficient (Wildman–Crippen LogP) is 7.04. The van der Waals surface area contributed by atoms with Crippen molar-refractivity contribution >= 4 is 27.5 Å². The van der Waals surface area contributed by atoms with Gasteiger partial charge in [0.15, 0.2) is 0 Å². The van der Waals surface area contributed by atoms with E-state index in [0.29, 0.717) is 5.56 Å². The molecule has 0 aliphatic heterocycles. The van der Waals surface area contributed by atoms with Crippen LogP contribution in [0.3, 0.4) is 0 Å². The SMILES string of the molecule is C=C/C(=C\C(=C/C)c1ccc2[nH]nc(-c3cc4c(-c5ccccc5F)cccc4[nH]3)c2n1)CNCC. The van der Waals surface area contributed by atoms with E-state index < -0.39 is 0 Å². The Morgan fingerprint density at radius 1 is 1.06 bits per heavy atom. The zero-order valence-corrected chi connectivity index (χ0v) is 20.4. The highest BCUT2D eigenvalue weighted by atomic mass is 19.1. The highest BCUT2D eigenvalue weighted by Crippen LogP contribution is 2.35. The van der Waals surface area contributed by atoms with Gasteiger partial charge in [-0.15, -0.1) is 0 Å². The van der Waals surface area contributed by atoms with Crippen molar-refractivity contribution in [3.63, 3.8) is 0 Å². The van der Waals surface area contributed by atoms with Crippen LogP contribution in [0.2, 0.25) is 0 Å². The van der Waals surface area contributed by atoms with Crippen LogP contribution in [-0.2, 0) is 0 Å². The molecule has 0 unspecified atom stereocenters. The first-order chi connectivity index (χ1) is 17.6. The molecule has 2 aromatic carbocycles. The second-order valence-electron chi connectivity index (χ2n) is 8.54. The molecule has 0 bridgehead atoms. The van der Waals surface area contributed by atoms with Gasteiger partial charge in [0, 0.05) is 23.0 Å². The smallest absolute Gasteiger partial charge is 0.135 e. The molecule has 0 aliphatic carbocycles. The largest absolute Gasteiger partial charge is 0.353 e. The minimum atomic E-state index is -0.246. The van der Waals surface area contributed by atoms with Gasteiger partial charge in [-0.25, -0.2) is 9.37 Å². The fraction of sp³-hybridized carbons (Fsp3) is 0.133. The van der Waals surface area contributed by atoms with Crippen LogP contribution in [0, 0.1) is 5.82 Å². The van der Waals surface area contributed by atoms with Crippen LogP contribution >= 0.6 is 0 Å². The summed E-state index contributed by atoms with van der Waals surface area (Å²) >= 11 is 0. The molecule has 3 heterocycles. The normalized spacial score (nSPS) is 12.5. The number of aromatic amines is 2. The molecule has 0 atom stereocenters. The molecule has 3 aromatic heterocycles. The van der Waals surface area contributed by atoms with Gasteiger partial charge < -0.3 is 10.3 Å². The second-order valence-corrected chi connectivity index (χ2v) is 8.54. The summed E-state index contributed by atoms with van der Waals surface area (Å²) in [6.45, 7) is 9.67. The highest BCUT2D eigenvalue weighted by molar-refractivity contribution is 6.00. The fourth-order valence-corrected chi connectivity index (χ4v) is 4.40. The molecule has 0 saturated carbocycles. The van der Waals surface area contributed by atoms with Crippen LogP contribution < -0.4 is 5.32 Å². The number of pyridine rings is 1. The Bertz CT molecular complexity index is 1620. The van der Waals surface area contributed by atoms with Gasteiger partial charge in [0.1, 0.15) is 17.0 Å². The quantitative estimate of drug-likeness (QED) is 0.210. The van der Waals surface area contributed by atoms with Gasteiger partial charge >= 0.3 is 0 Å². The number of aromatic nitrogens is 4.